The SMILES string of the molecule is CCc1cc(F)c2nc(N3CC[C@@H](NC4CCOC4)C[C@H]3C)c(-c3nc(C)no3)c(C)c2c1. The number of anilines is 1. The van der Waals surface area contributed by atoms with Crippen LogP contribution in [0.2, 0.25) is 0 Å². The maximum absolute atomic E-state index is 15.1. The maximum atomic E-state index is 15.1. The van der Waals surface area contributed by atoms with Gasteiger partial charge in [0.2, 0.25) is 0 Å². The fourth-order valence-corrected chi connectivity index (χ4v) is 5.22. The van der Waals surface area contributed by atoms with Gasteiger partial charge in [0.25, 0.3) is 5.89 Å². The predicted molar refractivity (Wildman–Crippen MR) is 126 cm³/mol. The van der Waals surface area contributed by atoms with Gasteiger partial charge < -0.3 is 19.5 Å². The van der Waals surface area contributed by atoms with E-state index in [2.05, 4.69) is 27.3 Å². The monoisotopic (exact) mass is 453 g/mol. The van der Waals surface area contributed by atoms with Gasteiger partial charge in [0.15, 0.2) is 5.82 Å². The molecule has 7 nitrogen and oxygen atoms in total. The lowest BCUT2D eigenvalue weighted by Gasteiger charge is -2.40. The zero-order valence-electron chi connectivity index (χ0n) is 19.8. The van der Waals surface area contributed by atoms with E-state index in [0.717, 1.165) is 73.3 Å². The molecule has 4 heterocycles. The van der Waals surface area contributed by atoms with Gasteiger partial charge in [-0.1, -0.05) is 12.1 Å². The third-order valence-electron chi connectivity index (χ3n) is 7.04. The summed E-state index contributed by atoms with van der Waals surface area (Å²) in [4.78, 5) is 11.7. The van der Waals surface area contributed by atoms with Gasteiger partial charge in [0, 0.05) is 36.7 Å². The van der Waals surface area contributed by atoms with E-state index >= 15 is 4.39 Å². The summed E-state index contributed by atoms with van der Waals surface area (Å²) in [6.45, 7) is 10.5. The smallest absolute Gasteiger partial charge is 0.261 e. The first-order valence-corrected chi connectivity index (χ1v) is 12.0. The number of aromatic nitrogens is 3. The molecule has 3 atom stereocenters. The van der Waals surface area contributed by atoms with Crippen LogP contribution in [0.5, 0.6) is 0 Å². The van der Waals surface area contributed by atoms with E-state index in [-0.39, 0.29) is 11.9 Å². The Labute approximate surface area is 193 Å². The van der Waals surface area contributed by atoms with Gasteiger partial charge in [0.1, 0.15) is 17.2 Å². The van der Waals surface area contributed by atoms with Crippen molar-refractivity contribution in [2.75, 3.05) is 24.7 Å². The average molecular weight is 454 g/mol. The maximum Gasteiger partial charge on any atom is 0.261 e. The lowest BCUT2D eigenvalue weighted by atomic mass is 9.95. The number of pyridine rings is 1. The molecule has 2 aliphatic heterocycles. The van der Waals surface area contributed by atoms with E-state index in [9.17, 15) is 0 Å². The van der Waals surface area contributed by atoms with Crippen molar-refractivity contribution in [3.8, 4) is 11.5 Å². The van der Waals surface area contributed by atoms with Crippen molar-refractivity contribution in [2.24, 2.45) is 0 Å². The fraction of sp³-hybridized carbons (Fsp3) is 0.560. The molecular formula is C25H32FN5O2. The van der Waals surface area contributed by atoms with Crippen molar-refractivity contribution in [1.29, 1.82) is 0 Å². The standard InChI is InChI=1S/C25H32FN5O2/c1-5-17-11-20-15(3)22(25-27-16(4)30-33-25)24(29-23(20)21(26)12-17)31-8-6-18(10-14(31)2)28-19-7-9-32-13-19/h11-12,14,18-19,28H,5-10,13H2,1-4H3/t14-,18-,19?/m1/s1. The number of hydrogen-bond acceptors (Lipinski definition) is 7. The second kappa shape index (κ2) is 8.99. The molecule has 1 N–H and O–H groups in total. The molecule has 33 heavy (non-hydrogen) atoms. The van der Waals surface area contributed by atoms with E-state index in [0.29, 0.717) is 29.3 Å². The number of aryl methyl sites for hydroxylation is 3. The van der Waals surface area contributed by atoms with Crippen LogP contribution in [0.4, 0.5) is 10.2 Å². The van der Waals surface area contributed by atoms with Crippen LogP contribution in [0.15, 0.2) is 16.7 Å². The predicted octanol–water partition coefficient (Wildman–Crippen LogP) is 4.34. The number of benzene rings is 1. The van der Waals surface area contributed by atoms with Gasteiger partial charge in [-0.05, 0) is 69.7 Å². The first-order valence-electron chi connectivity index (χ1n) is 12.0. The van der Waals surface area contributed by atoms with Crippen molar-refractivity contribution in [3.05, 3.63) is 34.9 Å². The summed E-state index contributed by atoms with van der Waals surface area (Å²) in [6.07, 6.45) is 3.79. The summed E-state index contributed by atoms with van der Waals surface area (Å²) in [5.74, 6) is 1.44. The first-order chi connectivity index (χ1) is 15.9. The lowest BCUT2D eigenvalue weighted by Crippen LogP contribution is -2.50. The van der Waals surface area contributed by atoms with Crippen LogP contribution >= 0.6 is 0 Å². The molecule has 3 aromatic rings. The Balaban J connectivity index is 1.56. The van der Waals surface area contributed by atoms with Crippen molar-refractivity contribution >= 4 is 16.7 Å². The molecule has 0 saturated carbocycles. The summed E-state index contributed by atoms with van der Waals surface area (Å²) in [6, 6.07) is 4.72. The van der Waals surface area contributed by atoms with Gasteiger partial charge in [0.05, 0.1) is 12.2 Å². The Bertz CT molecular complexity index is 1160. The van der Waals surface area contributed by atoms with Crippen LogP contribution in [0.3, 0.4) is 0 Å². The second-order valence-corrected chi connectivity index (χ2v) is 9.40. The van der Waals surface area contributed by atoms with E-state index < -0.39 is 0 Å². The molecule has 1 aromatic carbocycles. The van der Waals surface area contributed by atoms with E-state index in [1.54, 1.807) is 13.0 Å². The normalized spacial score (nSPS) is 23.5. The summed E-state index contributed by atoms with van der Waals surface area (Å²) in [5.41, 5.74) is 3.07. The quantitative estimate of drug-likeness (QED) is 0.616. The molecule has 5 rings (SSSR count). The molecule has 176 valence electrons. The highest BCUT2D eigenvalue weighted by Gasteiger charge is 2.32. The van der Waals surface area contributed by atoms with Crippen molar-refractivity contribution in [1.82, 2.24) is 20.4 Å². The van der Waals surface area contributed by atoms with Crippen LogP contribution < -0.4 is 10.2 Å². The molecule has 2 aromatic heterocycles. The Morgan fingerprint density at radius 1 is 1.18 bits per heavy atom. The highest BCUT2D eigenvalue weighted by Crippen LogP contribution is 2.39. The van der Waals surface area contributed by atoms with E-state index in [1.807, 2.05) is 19.9 Å². The van der Waals surface area contributed by atoms with Crippen LogP contribution in [-0.2, 0) is 11.2 Å². The minimum absolute atomic E-state index is 0.226. The molecule has 0 spiro atoms. The average Bonchev–Trinajstić information content (AvgIpc) is 3.46. The minimum atomic E-state index is -0.285. The topological polar surface area (TPSA) is 76.3 Å². The van der Waals surface area contributed by atoms with Gasteiger partial charge in [-0.15, -0.1) is 0 Å². The molecule has 1 unspecified atom stereocenters. The minimum Gasteiger partial charge on any atom is -0.380 e. The van der Waals surface area contributed by atoms with Gasteiger partial charge in [-0.2, -0.15) is 4.98 Å². The Morgan fingerprint density at radius 2 is 2.03 bits per heavy atom. The number of fused-ring (bicyclic) bond motifs is 1. The van der Waals surface area contributed by atoms with Gasteiger partial charge in [-0.3, -0.25) is 0 Å². The Kier molecular flexibility index (Phi) is 6.05. The third-order valence-corrected chi connectivity index (χ3v) is 7.04. The molecule has 0 bridgehead atoms. The number of halogens is 1. The van der Waals surface area contributed by atoms with Crippen molar-refractivity contribution < 1.29 is 13.7 Å². The highest BCUT2D eigenvalue weighted by molar-refractivity contribution is 5.93. The Hall–Kier alpha value is -2.58. The van der Waals surface area contributed by atoms with Crippen molar-refractivity contribution in [3.63, 3.8) is 0 Å². The van der Waals surface area contributed by atoms with Gasteiger partial charge in [-0.25, -0.2) is 9.37 Å². The number of nitrogens with one attached hydrogen (secondary N) is 1. The van der Waals surface area contributed by atoms with Crippen LogP contribution in [0.25, 0.3) is 22.4 Å². The molecular weight excluding hydrogens is 421 g/mol. The summed E-state index contributed by atoms with van der Waals surface area (Å²) in [7, 11) is 0. The number of piperidine rings is 1. The second-order valence-electron chi connectivity index (χ2n) is 9.40. The first kappa shape index (κ1) is 22.2. The summed E-state index contributed by atoms with van der Waals surface area (Å²) < 4.78 is 26.2. The summed E-state index contributed by atoms with van der Waals surface area (Å²) in [5, 5.41) is 8.57. The molecule has 0 radical (unpaired) electrons. The lowest BCUT2D eigenvalue weighted by molar-refractivity contribution is 0.185. The molecule has 2 saturated heterocycles. The zero-order valence-corrected chi connectivity index (χ0v) is 19.8. The van der Waals surface area contributed by atoms with Crippen LogP contribution in [0, 0.1) is 19.7 Å². The number of ether oxygens (including phenoxy) is 1. The number of rotatable bonds is 5. The van der Waals surface area contributed by atoms with Crippen molar-refractivity contribution in [2.45, 2.75) is 71.5 Å². The highest BCUT2D eigenvalue weighted by atomic mass is 19.1. The zero-order chi connectivity index (χ0) is 23.1. The van der Waals surface area contributed by atoms with Gasteiger partial charge >= 0.3 is 0 Å². The molecule has 8 heteroatoms. The van der Waals surface area contributed by atoms with E-state index in [1.165, 1.54) is 0 Å². The third kappa shape index (κ3) is 4.22. The molecule has 2 fully saturated rings. The Morgan fingerprint density at radius 3 is 2.70 bits per heavy atom. The van der Waals surface area contributed by atoms with Crippen LogP contribution in [0.1, 0.15) is 50.1 Å². The van der Waals surface area contributed by atoms with Crippen LogP contribution in [-0.4, -0.2) is 53.0 Å². The summed E-state index contributed by atoms with van der Waals surface area (Å²) >= 11 is 0. The largest absolute Gasteiger partial charge is 0.380 e. The molecule has 0 aliphatic carbocycles. The van der Waals surface area contributed by atoms with E-state index in [4.69, 9.17) is 14.2 Å². The molecule has 2 aliphatic rings. The number of hydrogen-bond donors (Lipinski definition) is 1. The molecule has 0 amide bonds. The number of nitrogens with zero attached hydrogens (tertiary/aromatic N) is 4. The fourth-order valence-electron chi connectivity index (χ4n) is 5.22.